The zero-order valence-electron chi connectivity index (χ0n) is 17.0. The summed E-state index contributed by atoms with van der Waals surface area (Å²) in [5, 5.41) is 34.4. The summed E-state index contributed by atoms with van der Waals surface area (Å²) in [4.78, 5) is 58.9. The second-order valence-corrected chi connectivity index (χ2v) is 7.57. The van der Waals surface area contributed by atoms with Gasteiger partial charge in [-0.15, -0.1) is 0 Å². The number of rotatable bonds is 13. The van der Waals surface area contributed by atoms with Crippen LogP contribution in [0.3, 0.4) is 0 Å². The topological polar surface area (TPSA) is 208 Å². The lowest BCUT2D eigenvalue weighted by molar-refractivity contribution is -0.142. The van der Waals surface area contributed by atoms with Crippen molar-refractivity contribution in [2.45, 2.75) is 63.9 Å². The monoisotopic (exact) mass is 450 g/mol. The number of carbonyl (C=O) groups is 5. The Kier molecular flexibility index (Phi) is 12.0. The van der Waals surface area contributed by atoms with E-state index in [4.69, 9.17) is 15.9 Å². The Morgan fingerprint density at radius 3 is 1.83 bits per heavy atom. The van der Waals surface area contributed by atoms with Gasteiger partial charge in [0.05, 0.1) is 18.6 Å². The van der Waals surface area contributed by atoms with Gasteiger partial charge in [0.2, 0.25) is 17.7 Å². The van der Waals surface area contributed by atoms with Crippen LogP contribution >= 0.6 is 12.6 Å². The maximum Gasteiger partial charge on any atom is 0.327 e. The second-order valence-electron chi connectivity index (χ2n) is 7.20. The van der Waals surface area contributed by atoms with Crippen molar-refractivity contribution < 1.29 is 39.3 Å². The molecule has 0 aliphatic carbocycles. The maximum atomic E-state index is 12.7. The molecule has 5 unspecified atom stereocenters. The second kappa shape index (κ2) is 13.0. The van der Waals surface area contributed by atoms with Crippen LogP contribution in [0.2, 0.25) is 0 Å². The molecule has 8 N–H and O–H groups in total. The number of amides is 3. The summed E-state index contributed by atoms with van der Waals surface area (Å²) in [6, 6.07) is -5.38. The van der Waals surface area contributed by atoms with Gasteiger partial charge < -0.3 is 37.0 Å². The number of thiol groups is 1. The number of hydrogen-bond acceptors (Lipinski definition) is 8. The average Bonchev–Trinajstić information content (AvgIpc) is 2.61. The predicted molar refractivity (Wildman–Crippen MR) is 109 cm³/mol. The molecule has 0 heterocycles. The van der Waals surface area contributed by atoms with E-state index in [1.807, 2.05) is 0 Å². The minimum Gasteiger partial charge on any atom is -0.481 e. The van der Waals surface area contributed by atoms with Gasteiger partial charge in [0.1, 0.15) is 18.1 Å². The standard InChI is InChI=1S/C17H30N4O8S/c1-7(2)4-10(19-14(25)9(18)5-12(23)24)15(26)21-13(8(3)22)16(27)20-11(6-30)17(28)29/h7-11,13,22,30H,4-6,18H2,1-3H3,(H,19,25)(H,20,27)(H,21,26)(H,23,24)(H,28,29). The third kappa shape index (κ3) is 9.89. The minimum atomic E-state index is -1.50. The molecule has 5 atom stereocenters. The molecule has 0 aliphatic rings. The van der Waals surface area contributed by atoms with Crippen LogP contribution in [0.1, 0.15) is 33.6 Å². The fourth-order valence-corrected chi connectivity index (χ4v) is 2.62. The normalized spacial score (nSPS) is 16.0. The van der Waals surface area contributed by atoms with Crippen molar-refractivity contribution in [3.63, 3.8) is 0 Å². The van der Waals surface area contributed by atoms with Crippen LogP contribution in [0.5, 0.6) is 0 Å². The molecule has 0 aromatic carbocycles. The van der Waals surface area contributed by atoms with Crippen molar-refractivity contribution in [3.05, 3.63) is 0 Å². The molecule has 12 nitrogen and oxygen atoms in total. The van der Waals surface area contributed by atoms with E-state index in [0.29, 0.717) is 0 Å². The zero-order valence-corrected chi connectivity index (χ0v) is 17.9. The molecule has 30 heavy (non-hydrogen) atoms. The molecule has 0 radical (unpaired) electrons. The number of nitrogens with one attached hydrogen (secondary N) is 3. The number of carboxylic acids is 2. The van der Waals surface area contributed by atoms with Crippen molar-refractivity contribution in [2.24, 2.45) is 11.7 Å². The highest BCUT2D eigenvalue weighted by Crippen LogP contribution is 2.07. The molecule has 0 saturated heterocycles. The van der Waals surface area contributed by atoms with Crippen molar-refractivity contribution >= 4 is 42.3 Å². The summed E-state index contributed by atoms with van der Waals surface area (Å²) in [5.41, 5.74) is 5.50. The summed E-state index contributed by atoms with van der Waals surface area (Å²) in [7, 11) is 0. The molecule has 13 heteroatoms. The summed E-state index contributed by atoms with van der Waals surface area (Å²) in [6.07, 6.45) is -1.88. The molecule has 0 saturated carbocycles. The van der Waals surface area contributed by atoms with Crippen LogP contribution in [0.4, 0.5) is 0 Å². The molecule has 0 rings (SSSR count). The number of nitrogens with two attached hydrogens (primary N) is 1. The molecular weight excluding hydrogens is 420 g/mol. The van der Waals surface area contributed by atoms with Crippen LogP contribution in [0.15, 0.2) is 0 Å². The lowest BCUT2D eigenvalue weighted by Gasteiger charge is -2.27. The van der Waals surface area contributed by atoms with Gasteiger partial charge >= 0.3 is 11.9 Å². The molecule has 0 spiro atoms. The molecule has 172 valence electrons. The van der Waals surface area contributed by atoms with Gasteiger partial charge in [0.25, 0.3) is 0 Å². The first-order valence-electron chi connectivity index (χ1n) is 9.20. The molecule has 0 aromatic heterocycles. The lowest BCUT2D eigenvalue weighted by Crippen LogP contribution is -2.60. The van der Waals surface area contributed by atoms with Crippen molar-refractivity contribution in [1.82, 2.24) is 16.0 Å². The molecule has 0 aromatic rings. The summed E-state index contributed by atoms with van der Waals surface area (Å²) < 4.78 is 0. The van der Waals surface area contributed by atoms with Gasteiger partial charge in [-0.25, -0.2) is 4.79 Å². The third-order valence-electron chi connectivity index (χ3n) is 3.93. The van der Waals surface area contributed by atoms with Crippen molar-refractivity contribution in [1.29, 1.82) is 0 Å². The molecule has 0 aliphatic heterocycles. The van der Waals surface area contributed by atoms with Gasteiger partial charge in [-0.3, -0.25) is 19.2 Å². The Labute approximate surface area is 179 Å². The van der Waals surface area contributed by atoms with E-state index in [9.17, 15) is 29.1 Å². The van der Waals surface area contributed by atoms with Gasteiger partial charge in [0.15, 0.2) is 0 Å². The van der Waals surface area contributed by atoms with E-state index in [0.717, 1.165) is 0 Å². The Bertz CT molecular complexity index is 643. The van der Waals surface area contributed by atoms with Gasteiger partial charge in [0, 0.05) is 5.75 Å². The number of carbonyl (C=O) groups excluding carboxylic acids is 3. The smallest absolute Gasteiger partial charge is 0.327 e. The Balaban J connectivity index is 5.35. The van der Waals surface area contributed by atoms with E-state index in [-0.39, 0.29) is 18.1 Å². The average molecular weight is 451 g/mol. The fourth-order valence-electron chi connectivity index (χ4n) is 2.37. The van der Waals surface area contributed by atoms with Crippen molar-refractivity contribution in [2.75, 3.05) is 5.75 Å². The number of aliphatic carboxylic acids is 2. The molecular formula is C17H30N4O8S. The number of aliphatic hydroxyl groups is 1. The largest absolute Gasteiger partial charge is 0.481 e. The summed E-state index contributed by atoms with van der Waals surface area (Å²) in [5.74, 6) is -5.55. The Morgan fingerprint density at radius 2 is 1.43 bits per heavy atom. The van der Waals surface area contributed by atoms with Crippen LogP contribution in [-0.4, -0.2) is 81.0 Å². The lowest BCUT2D eigenvalue weighted by atomic mass is 10.0. The number of aliphatic hydroxyl groups excluding tert-OH is 1. The number of hydrogen-bond donors (Lipinski definition) is 8. The minimum absolute atomic E-state index is 0.0730. The zero-order chi connectivity index (χ0) is 23.6. The Hall–Kier alpha value is -2.38. The van der Waals surface area contributed by atoms with E-state index >= 15 is 0 Å². The summed E-state index contributed by atoms with van der Waals surface area (Å²) in [6.45, 7) is 4.76. The van der Waals surface area contributed by atoms with Gasteiger partial charge in [-0.1, -0.05) is 13.8 Å². The molecule has 3 amide bonds. The first-order valence-corrected chi connectivity index (χ1v) is 9.83. The Morgan fingerprint density at radius 1 is 0.900 bits per heavy atom. The first-order chi connectivity index (χ1) is 13.8. The van der Waals surface area contributed by atoms with Crippen LogP contribution in [0, 0.1) is 5.92 Å². The first kappa shape index (κ1) is 27.6. The van der Waals surface area contributed by atoms with E-state index in [1.165, 1.54) is 6.92 Å². The highest BCUT2D eigenvalue weighted by Gasteiger charge is 2.32. The third-order valence-corrected chi connectivity index (χ3v) is 4.30. The van der Waals surface area contributed by atoms with Crippen LogP contribution in [-0.2, 0) is 24.0 Å². The SMILES string of the molecule is CC(C)CC(NC(=O)C(N)CC(=O)O)C(=O)NC(C(=O)NC(CS)C(=O)O)C(C)O. The van der Waals surface area contributed by atoms with Crippen LogP contribution < -0.4 is 21.7 Å². The van der Waals surface area contributed by atoms with Crippen molar-refractivity contribution in [3.8, 4) is 0 Å². The maximum absolute atomic E-state index is 12.7. The predicted octanol–water partition coefficient (Wildman–Crippen LogP) is -2.32. The van der Waals surface area contributed by atoms with E-state index < -0.39 is 66.4 Å². The summed E-state index contributed by atoms with van der Waals surface area (Å²) >= 11 is 3.82. The van der Waals surface area contributed by atoms with E-state index in [2.05, 4.69) is 28.6 Å². The van der Waals surface area contributed by atoms with Gasteiger partial charge in [-0.2, -0.15) is 12.6 Å². The highest BCUT2D eigenvalue weighted by atomic mass is 32.1. The van der Waals surface area contributed by atoms with Crippen LogP contribution in [0.25, 0.3) is 0 Å². The van der Waals surface area contributed by atoms with Gasteiger partial charge in [-0.05, 0) is 19.3 Å². The highest BCUT2D eigenvalue weighted by molar-refractivity contribution is 7.80. The molecule has 0 fully saturated rings. The fraction of sp³-hybridized carbons (Fsp3) is 0.706. The quantitative estimate of drug-likeness (QED) is 0.141. The molecule has 0 bridgehead atoms. The number of carboxylic acid groups (broad SMARTS) is 2. The van der Waals surface area contributed by atoms with E-state index in [1.54, 1.807) is 13.8 Å².